The van der Waals surface area contributed by atoms with Gasteiger partial charge in [-0.3, -0.25) is 9.59 Å². The van der Waals surface area contributed by atoms with Crippen LogP contribution in [0.2, 0.25) is 0 Å². The summed E-state index contributed by atoms with van der Waals surface area (Å²) < 4.78 is 1.07. The first kappa shape index (κ1) is 13.1. The molecule has 0 radical (unpaired) electrons. The van der Waals surface area contributed by atoms with Crippen LogP contribution in [0, 0.1) is 9.49 Å². The summed E-state index contributed by atoms with van der Waals surface area (Å²) in [6, 6.07) is 7.62. The van der Waals surface area contributed by atoms with E-state index in [0.29, 0.717) is 13.1 Å². The first-order chi connectivity index (χ1) is 8.60. The molecular formula is C13H13IN2O2. The fourth-order valence-electron chi connectivity index (χ4n) is 1.76. The second-order valence-corrected chi connectivity index (χ2v) is 5.39. The molecule has 1 heterocycles. The molecule has 0 aromatic heterocycles. The summed E-state index contributed by atoms with van der Waals surface area (Å²) in [7, 11) is 0. The Bertz CT molecular complexity index is 496. The molecule has 0 atom stereocenters. The fraction of sp³-hybridized carbons (Fsp3) is 0.231. The van der Waals surface area contributed by atoms with E-state index in [-0.39, 0.29) is 17.7 Å². The number of nitrogens with zero attached hydrogens (tertiary/aromatic N) is 1. The van der Waals surface area contributed by atoms with Crippen molar-refractivity contribution in [1.29, 1.82) is 0 Å². The molecule has 1 aromatic rings. The maximum Gasteiger partial charge on any atom is 0.246 e. The minimum Gasteiger partial charge on any atom is -0.337 e. The predicted molar refractivity (Wildman–Crippen MR) is 78.1 cm³/mol. The second-order valence-electron chi connectivity index (χ2n) is 4.14. The molecule has 0 unspecified atom stereocenters. The average molecular weight is 356 g/mol. The van der Waals surface area contributed by atoms with Crippen LogP contribution in [-0.2, 0) is 9.59 Å². The van der Waals surface area contributed by atoms with Crippen molar-refractivity contribution in [1.82, 2.24) is 4.90 Å². The highest BCUT2D eigenvalue weighted by atomic mass is 127. The Morgan fingerprint density at radius 3 is 2.78 bits per heavy atom. The van der Waals surface area contributed by atoms with Gasteiger partial charge in [0.25, 0.3) is 0 Å². The molecule has 2 rings (SSSR count). The lowest BCUT2D eigenvalue weighted by molar-refractivity contribution is -0.137. The van der Waals surface area contributed by atoms with E-state index in [2.05, 4.69) is 34.5 Å². The number of likely N-dealkylation sites (tertiary alicyclic amines) is 1. The number of carbonyl (C=O) groups excluding carboxylic acids is 2. The quantitative estimate of drug-likeness (QED) is 0.664. The molecule has 0 bridgehead atoms. The third-order valence-corrected chi connectivity index (χ3v) is 3.50. The van der Waals surface area contributed by atoms with Crippen LogP contribution < -0.4 is 5.32 Å². The molecule has 4 nitrogen and oxygen atoms in total. The first-order valence-corrected chi connectivity index (χ1v) is 6.66. The molecule has 0 spiro atoms. The van der Waals surface area contributed by atoms with Crippen LogP contribution in [-0.4, -0.2) is 29.8 Å². The van der Waals surface area contributed by atoms with Gasteiger partial charge in [-0.25, -0.2) is 0 Å². The predicted octanol–water partition coefficient (Wildman–Crippen LogP) is 1.87. The van der Waals surface area contributed by atoms with Gasteiger partial charge >= 0.3 is 0 Å². The highest BCUT2D eigenvalue weighted by Crippen LogP contribution is 2.19. The van der Waals surface area contributed by atoms with Gasteiger partial charge < -0.3 is 10.2 Å². The monoisotopic (exact) mass is 356 g/mol. The second kappa shape index (κ2) is 5.51. The minimum absolute atomic E-state index is 0.0369. The molecule has 1 saturated heterocycles. The Morgan fingerprint density at radius 1 is 1.44 bits per heavy atom. The fourth-order valence-corrected chi connectivity index (χ4v) is 2.31. The van der Waals surface area contributed by atoms with Crippen LogP contribution in [0.3, 0.4) is 0 Å². The molecule has 2 amide bonds. The van der Waals surface area contributed by atoms with Crippen molar-refractivity contribution in [2.75, 3.05) is 18.4 Å². The van der Waals surface area contributed by atoms with Crippen LogP contribution in [0.15, 0.2) is 36.9 Å². The molecule has 0 saturated carbocycles. The lowest BCUT2D eigenvalue weighted by atomic mass is 9.99. The molecule has 94 valence electrons. The van der Waals surface area contributed by atoms with Crippen LogP contribution >= 0.6 is 22.6 Å². The maximum absolute atomic E-state index is 11.9. The Labute approximate surface area is 119 Å². The van der Waals surface area contributed by atoms with Crippen molar-refractivity contribution in [3.63, 3.8) is 0 Å². The van der Waals surface area contributed by atoms with Crippen molar-refractivity contribution in [2.24, 2.45) is 5.92 Å². The Hall–Kier alpha value is -1.37. The zero-order chi connectivity index (χ0) is 13.1. The van der Waals surface area contributed by atoms with Gasteiger partial charge in [-0.2, -0.15) is 0 Å². The van der Waals surface area contributed by atoms with Crippen LogP contribution in [0.1, 0.15) is 0 Å². The van der Waals surface area contributed by atoms with E-state index in [1.165, 1.54) is 6.08 Å². The van der Waals surface area contributed by atoms with E-state index in [4.69, 9.17) is 0 Å². The summed E-state index contributed by atoms with van der Waals surface area (Å²) in [5.41, 5.74) is 0.792. The number of benzene rings is 1. The smallest absolute Gasteiger partial charge is 0.246 e. The Kier molecular flexibility index (Phi) is 4.00. The maximum atomic E-state index is 11.9. The molecular weight excluding hydrogens is 343 g/mol. The molecule has 0 aliphatic carbocycles. The third-order valence-electron chi connectivity index (χ3n) is 2.83. The topological polar surface area (TPSA) is 49.4 Å². The number of amides is 2. The molecule has 18 heavy (non-hydrogen) atoms. The summed E-state index contributed by atoms with van der Waals surface area (Å²) in [6.45, 7) is 4.36. The van der Waals surface area contributed by atoms with Gasteiger partial charge in [-0.15, -0.1) is 0 Å². The molecule has 5 heteroatoms. The van der Waals surface area contributed by atoms with Crippen LogP contribution in [0.25, 0.3) is 0 Å². The van der Waals surface area contributed by atoms with Crippen molar-refractivity contribution >= 4 is 40.1 Å². The Morgan fingerprint density at radius 2 is 2.17 bits per heavy atom. The summed E-state index contributed by atoms with van der Waals surface area (Å²) >= 11 is 2.19. The number of anilines is 1. The van der Waals surface area contributed by atoms with Crippen molar-refractivity contribution in [2.45, 2.75) is 0 Å². The van der Waals surface area contributed by atoms with E-state index in [9.17, 15) is 9.59 Å². The molecule has 1 fully saturated rings. The minimum atomic E-state index is -0.119. The standard InChI is InChI=1S/C13H13IN2O2/c1-2-12(17)16-7-9(8-16)13(18)15-11-5-3-4-10(14)6-11/h2-6,9H,1,7-8H2,(H,15,18). The zero-order valence-corrected chi connectivity index (χ0v) is 11.9. The van der Waals surface area contributed by atoms with Gasteiger partial charge in [0.1, 0.15) is 0 Å². The van der Waals surface area contributed by atoms with Crippen molar-refractivity contribution < 1.29 is 9.59 Å². The normalized spacial score (nSPS) is 14.8. The highest BCUT2D eigenvalue weighted by molar-refractivity contribution is 14.1. The van der Waals surface area contributed by atoms with E-state index >= 15 is 0 Å². The Balaban J connectivity index is 1.87. The van der Waals surface area contributed by atoms with Crippen LogP contribution in [0.4, 0.5) is 5.69 Å². The molecule has 1 aliphatic heterocycles. The number of rotatable bonds is 3. The molecule has 1 aromatic carbocycles. The number of nitrogens with one attached hydrogen (secondary N) is 1. The van der Waals surface area contributed by atoms with E-state index < -0.39 is 0 Å². The summed E-state index contributed by atoms with van der Waals surface area (Å²) in [6.07, 6.45) is 1.27. The number of halogens is 1. The highest BCUT2D eigenvalue weighted by Gasteiger charge is 2.34. The summed E-state index contributed by atoms with van der Waals surface area (Å²) in [4.78, 5) is 24.7. The van der Waals surface area contributed by atoms with Gasteiger partial charge in [0, 0.05) is 22.3 Å². The number of hydrogen-bond acceptors (Lipinski definition) is 2. The van der Waals surface area contributed by atoms with Gasteiger partial charge in [0.2, 0.25) is 11.8 Å². The SMILES string of the molecule is C=CC(=O)N1CC(C(=O)Nc2cccc(I)c2)C1. The number of carbonyl (C=O) groups is 2. The first-order valence-electron chi connectivity index (χ1n) is 5.58. The summed E-state index contributed by atoms with van der Waals surface area (Å²) in [5.74, 6) is -0.273. The van der Waals surface area contributed by atoms with Crippen LogP contribution in [0.5, 0.6) is 0 Å². The van der Waals surface area contributed by atoms with Crippen molar-refractivity contribution in [3.8, 4) is 0 Å². The lowest BCUT2D eigenvalue weighted by Crippen LogP contribution is -2.53. The lowest BCUT2D eigenvalue weighted by Gasteiger charge is -2.37. The number of hydrogen-bond donors (Lipinski definition) is 1. The largest absolute Gasteiger partial charge is 0.337 e. The van der Waals surface area contributed by atoms with Gasteiger partial charge in [-0.05, 0) is 46.9 Å². The average Bonchev–Trinajstić information content (AvgIpc) is 2.26. The van der Waals surface area contributed by atoms with Gasteiger partial charge in [0.15, 0.2) is 0 Å². The van der Waals surface area contributed by atoms with E-state index in [1.807, 2.05) is 24.3 Å². The van der Waals surface area contributed by atoms with E-state index in [1.54, 1.807) is 4.90 Å². The van der Waals surface area contributed by atoms with Gasteiger partial charge in [-0.1, -0.05) is 12.6 Å². The summed E-state index contributed by atoms with van der Waals surface area (Å²) in [5, 5.41) is 2.85. The molecule has 1 aliphatic rings. The zero-order valence-electron chi connectivity index (χ0n) is 9.73. The third kappa shape index (κ3) is 2.90. The van der Waals surface area contributed by atoms with Crippen molar-refractivity contribution in [3.05, 3.63) is 40.5 Å². The van der Waals surface area contributed by atoms with E-state index in [0.717, 1.165) is 9.26 Å². The van der Waals surface area contributed by atoms with Gasteiger partial charge in [0.05, 0.1) is 5.92 Å². The molecule has 1 N–H and O–H groups in total.